The van der Waals surface area contributed by atoms with E-state index in [0.29, 0.717) is 12.0 Å². The van der Waals surface area contributed by atoms with Crippen molar-refractivity contribution in [3.05, 3.63) is 53.9 Å². The summed E-state index contributed by atoms with van der Waals surface area (Å²) in [4.78, 5) is 15.7. The van der Waals surface area contributed by atoms with Gasteiger partial charge in [-0.15, -0.1) is 0 Å². The minimum atomic E-state index is -0.00265. The molecule has 25 heavy (non-hydrogen) atoms. The standard InChI is InChI=1S/C20H29N5/c1-20(2,3)19-23-11-15(12-24-19)10-22-14-17-7-9-25(4)18(17)16-6-5-8-21-13-16/h5-6,8,11-13,17-18,22H,7,9-10,14H2,1-4H3/t17-,18-/m0/s1. The molecule has 2 aromatic rings. The number of nitrogens with one attached hydrogen (secondary N) is 1. The molecule has 0 amide bonds. The highest BCUT2D eigenvalue weighted by atomic mass is 15.2. The summed E-state index contributed by atoms with van der Waals surface area (Å²) in [6.07, 6.45) is 8.94. The van der Waals surface area contributed by atoms with Crippen molar-refractivity contribution >= 4 is 0 Å². The van der Waals surface area contributed by atoms with Crippen molar-refractivity contribution in [3.8, 4) is 0 Å². The number of hydrogen-bond acceptors (Lipinski definition) is 5. The average Bonchev–Trinajstić information content (AvgIpc) is 2.96. The van der Waals surface area contributed by atoms with Crippen molar-refractivity contribution in [1.29, 1.82) is 0 Å². The van der Waals surface area contributed by atoms with E-state index >= 15 is 0 Å². The fourth-order valence-electron chi connectivity index (χ4n) is 3.55. The SMILES string of the molecule is CN1CC[C@@H](CNCc2cnc(C(C)(C)C)nc2)[C@@H]1c1cccnc1. The van der Waals surface area contributed by atoms with E-state index in [-0.39, 0.29) is 5.41 Å². The number of nitrogens with zero attached hydrogens (tertiary/aromatic N) is 4. The lowest BCUT2D eigenvalue weighted by Crippen LogP contribution is -2.28. The van der Waals surface area contributed by atoms with Crippen LogP contribution in [-0.2, 0) is 12.0 Å². The number of aromatic nitrogens is 3. The molecular formula is C20H29N5. The Kier molecular flexibility index (Phi) is 5.45. The highest BCUT2D eigenvalue weighted by Gasteiger charge is 2.32. The van der Waals surface area contributed by atoms with Crippen LogP contribution in [0.5, 0.6) is 0 Å². The maximum absolute atomic E-state index is 4.51. The summed E-state index contributed by atoms with van der Waals surface area (Å²) >= 11 is 0. The minimum Gasteiger partial charge on any atom is -0.312 e. The van der Waals surface area contributed by atoms with Gasteiger partial charge in [-0.05, 0) is 37.6 Å². The predicted molar refractivity (Wildman–Crippen MR) is 100 cm³/mol. The number of pyridine rings is 1. The molecule has 0 aromatic carbocycles. The maximum Gasteiger partial charge on any atom is 0.133 e. The molecule has 134 valence electrons. The Hall–Kier alpha value is -1.85. The van der Waals surface area contributed by atoms with E-state index in [9.17, 15) is 0 Å². The molecule has 1 aliphatic rings. The van der Waals surface area contributed by atoms with Crippen LogP contribution < -0.4 is 5.32 Å². The second kappa shape index (κ2) is 7.58. The van der Waals surface area contributed by atoms with Gasteiger partial charge in [0.2, 0.25) is 0 Å². The fourth-order valence-corrected chi connectivity index (χ4v) is 3.55. The topological polar surface area (TPSA) is 53.9 Å². The van der Waals surface area contributed by atoms with Crippen LogP contribution in [0.3, 0.4) is 0 Å². The van der Waals surface area contributed by atoms with Gasteiger partial charge in [-0.25, -0.2) is 9.97 Å². The van der Waals surface area contributed by atoms with Crippen molar-refractivity contribution in [2.45, 2.75) is 45.2 Å². The van der Waals surface area contributed by atoms with Crippen LogP contribution in [0.25, 0.3) is 0 Å². The van der Waals surface area contributed by atoms with Gasteiger partial charge in [0.15, 0.2) is 0 Å². The number of likely N-dealkylation sites (tertiary alicyclic amines) is 1. The first-order valence-corrected chi connectivity index (χ1v) is 9.07. The van der Waals surface area contributed by atoms with Crippen LogP contribution in [0, 0.1) is 5.92 Å². The summed E-state index contributed by atoms with van der Waals surface area (Å²) in [5, 5.41) is 3.60. The highest BCUT2D eigenvalue weighted by Crippen LogP contribution is 2.35. The summed E-state index contributed by atoms with van der Waals surface area (Å²) < 4.78 is 0. The van der Waals surface area contributed by atoms with Crippen LogP contribution in [0.1, 0.15) is 50.2 Å². The zero-order valence-corrected chi connectivity index (χ0v) is 15.7. The van der Waals surface area contributed by atoms with Crippen LogP contribution in [-0.4, -0.2) is 40.0 Å². The summed E-state index contributed by atoms with van der Waals surface area (Å²) in [6, 6.07) is 4.66. The van der Waals surface area contributed by atoms with E-state index < -0.39 is 0 Å². The van der Waals surface area contributed by atoms with E-state index in [0.717, 1.165) is 31.0 Å². The Morgan fingerprint density at radius 3 is 2.60 bits per heavy atom. The zero-order chi connectivity index (χ0) is 17.9. The molecule has 0 saturated carbocycles. The second-order valence-corrected chi connectivity index (χ2v) is 8.06. The summed E-state index contributed by atoms with van der Waals surface area (Å²) in [7, 11) is 2.21. The van der Waals surface area contributed by atoms with Gasteiger partial charge in [-0.2, -0.15) is 0 Å². The van der Waals surface area contributed by atoms with E-state index in [1.165, 1.54) is 12.0 Å². The van der Waals surface area contributed by atoms with Gasteiger partial charge in [0.25, 0.3) is 0 Å². The summed E-state index contributed by atoms with van der Waals surface area (Å²) in [5.41, 5.74) is 2.45. The highest BCUT2D eigenvalue weighted by molar-refractivity contribution is 5.17. The Bertz CT molecular complexity index is 663. The third-order valence-electron chi connectivity index (χ3n) is 4.91. The van der Waals surface area contributed by atoms with Crippen LogP contribution in [0.2, 0.25) is 0 Å². The first kappa shape index (κ1) is 18.0. The van der Waals surface area contributed by atoms with Crippen molar-refractivity contribution in [2.24, 2.45) is 5.92 Å². The second-order valence-electron chi connectivity index (χ2n) is 8.06. The van der Waals surface area contributed by atoms with Crippen molar-refractivity contribution < 1.29 is 0 Å². The molecule has 0 aliphatic carbocycles. The molecule has 0 unspecified atom stereocenters. The molecule has 1 saturated heterocycles. The van der Waals surface area contributed by atoms with Crippen LogP contribution in [0.4, 0.5) is 0 Å². The lowest BCUT2D eigenvalue weighted by molar-refractivity contribution is 0.271. The smallest absolute Gasteiger partial charge is 0.133 e. The molecule has 0 spiro atoms. The van der Waals surface area contributed by atoms with Gasteiger partial charge >= 0.3 is 0 Å². The minimum absolute atomic E-state index is 0.00265. The Labute approximate surface area is 150 Å². The van der Waals surface area contributed by atoms with Gasteiger partial charge in [0.05, 0.1) is 0 Å². The molecule has 2 atom stereocenters. The third-order valence-corrected chi connectivity index (χ3v) is 4.91. The molecule has 1 N–H and O–H groups in total. The molecule has 5 nitrogen and oxygen atoms in total. The number of hydrogen-bond donors (Lipinski definition) is 1. The molecular weight excluding hydrogens is 310 g/mol. The van der Waals surface area contributed by atoms with Crippen molar-refractivity contribution in [3.63, 3.8) is 0 Å². The predicted octanol–water partition coefficient (Wildman–Crippen LogP) is 2.95. The summed E-state index contributed by atoms with van der Waals surface area (Å²) in [5.74, 6) is 1.49. The van der Waals surface area contributed by atoms with Gasteiger partial charge in [0, 0.05) is 54.9 Å². The summed E-state index contributed by atoms with van der Waals surface area (Å²) in [6.45, 7) is 9.34. The first-order valence-electron chi connectivity index (χ1n) is 9.07. The van der Waals surface area contributed by atoms with Crippen LogP contribution in [0.15, 0.2) is 36.9 Å². The van der Waals surface area contributed by atoms with Gasteiger partial charge in [-0.1, -0.05) is 26.8 Å². The fraction of sp³-hybridized carbons (Fsp3) is 0.550. The van der Waals surface area contributed by atoms with E-state index in [4.69, 9.17) is 0 Å². The molecule has 2 aromatic heterocycles. The molecule has 0 radical (unpaired) electrons. The Morgan fingerprint density at radius 2 is 1.96 bits per heavy atom. The number of rotatable bonds is 5. The van der Waals surface area contributed by atoms with Crippen molar-refractivity contribution in [1.82, 2.24) is 25.2 Å². The third kappa shape index (κ3) is 4.41. The lowest BCUT2D eigenvalue weighted by atomic mass is 9.94. The molecule has 0 bridgehead atoms. The lowest BCUT2D eigenvalue weighted by Gasteiger charge is -2.25. The zero-order valence-electron chi connectivity index (χ0n) is 15.7. The van der Waals surface area contributed by atoms with Crippen molar-refractivity contribution in [2.75, 3.05) is 20.1 Å². The maximum atomic E-state index is 4.51. The van der Waals surface area contributed by atoms with E-state index in [1.807, 2.05) is 30.9 Å². The van der Waals surface area contributed by atoms with E-state index in [1.54, 1.807) is 0 Å². The molecule has 3 heterocycles. The molecule has 1 fully saturated rings. The Balaban J connectivity index is 1.56. The first-order chi connectivity index (χ1) is 11.9. The monoisotopic (exact) mass is 339 g/mol. The van der Waals surface area contributed by atoms with Crippen LogP contribution >= 0.6 is 0 Å². The molecule has 3 rings (SSSR count). The normalized spacial score (nSPS) is 21.6. The molecule has 1 aliphatic heterocycles. The Morgan fingerprint density at radius 1 is 1.20 bits per heavy atom. The van der Waals surface area contributed by atoms with Gasteiger partial charge < -0.3 is 5.32 Å². The van der Waals surface area contributed by atoms with Gasteiger partial charge in [0.1, 0.15) is 5.82 Å². The van der Waals surface area contributed by atoms with Gasteiger partial charge in [-0.3, -0.25) is 9.88 Å². The largest absolute Gasteiger partial charge is 0.312 e. The van der Waals surface area contributed by atoms with E-state index in [2.05, 4.69) is 59.1 Å². The average molecular weight is 339 g/mol. The molecule has 5 heteroatoms. The quantitative estimate of drug-likeness (QED) is 0.908.